The van der Waals surface area contributed by atoms with Gasteiger partial charge in [-0.15, -0.1) is 0 Å². The van der Waals surface area contributed by atoms with Crippen LogP contribution in [0.5, 0.6) is 11.5 Å². The van der Waals surface area contributed by atoms with Gasteiger partial charge in [0.15, 0.2) is 0 Å². The minimum Gasteiger partial charge on any atom is -1.00 e. The molecule has 1 aromatic carbocycles. The van der Waals surface area contributed by atoms with E-state index < -0.39 is 5.97 Å². The predicted octanol–water partition coefficient (Wildman–Crippen LogP) is -1.18. The average Bonchev–Trinajstić information content (AvgIpc) is 2.53. The third-order valence-corrected chi connectivity index (χ3v) is 4.08. The second-order valence-corrected chi connectivity index (χ2v) is 6.07. The van der Waals surface area contributed by atoms with E-state index in [-0.39, 0.29) is 35.3 Å². The van der Waals surface area contributed by atoms with E-state index in [0.29, 0.717) is 19.0 Å². The van der Waals surface area contributed by atoms with Crippen molar-refractivity contribution in [2.75, 3.05) is 53.1 Å². The highest BCUT2D eigenvalue weighted by molar-refractivity contribution is 5.92. The van der Waals surface area contributed by atoms with E-state index in [4.69, 9.17) is 14.2 Å². The summed E-state index contributed by atoms with van der Waals surface area (Å²) in [6, 6.07) is 4.65. The first-order valence-corrected chi connectivity index (χ1v) is 8.08. The average molecular weight is 451 g/mol. The molecule has 0 radical (unpaired) electrons. The normalized spacial score (nSPS) is 16.1. The number of benzene rings is 1. The molecule has 24 heavy (non-hydrogen) atoms. The van der Waals surface area contributed by atoms with Crippen LogP contribution in [0.1, 0.15) is 23.7 Å². The molecule has 0 aliphatic carbocycles. The number of halogens is 1. The van der Waals surface area contributed by atoms with Crippen molar-refractivity contribution in [3.63, 3.8) is 0 Å². The van der Waals surface area contributed by atoms with Crippen molar-refractivity contribution in [2.45, 2.75) is 13.3 Å². The Kier molecular flexibility index (Phi) is 8.79. The summed E-state index contributed by atoms with van der Waals surface area (Å²) in [6.45, 7) is 6.97. The third-order valence-electron chi connectivity index (χ3n) is 4.08. The van der Waals surface area contributed by atoms with E-state index in [1.807, 2.05) is 6.92 Å². The number of carbonyl (C=O) groups is 1. The van der Waals surface area contributed by atoms with E-state index >= 15 is 0 Å². The first-order valence-electron chi connectivity index (χ1n) is 8.08. The lowest BCUT2D eigenvalue weighted by Crippen LogP contribution is -3.00. The number of aromatic hydroxyl groups is 1. The van der Waals surface area contributed by atoms with Crippen molar-refractivity contribution in [1.82, 2.24) is 0 Å². The number of phenols is 1. The van der Waals surface area contributed by atoms with Crippen molar-refractivity contribution >= 4 is 5.97 Å². The van der Waals surface area contributed by atoms with Crippen molar-refractivity contribution in [1.29, 1.82) is 0 Å². The molecule has 0 saturated carbocycles. The van der Waals surface area contributed by atoms with E-state index in [1.54, 1.807) is 6.07 Å². The lowest BCUT2D eigenvalue weighted by molar-refractivity contribution is -0.917. The molecule has 1 N–H and O–H groups in total. The Morgan fingerprint density at radius 2 is 2.00 bits per heavy atom. The van der Waals surface area contributed by atoms with Crippen molar-refractivity contribution < 1.29 is 52.6 Å². The van der Waals surface area contributed by atoms with Crippen LogP contribution in [0.3, 0.4) is 0 Å². The number of carbonyl (C=O) groups excluding carboxylic acids is 1. The zero-order chi connectivity index (χ0) is 16.7. The zero-order valence-corrected chi connectivity index (χ0v) is 16.5. The van der Waals surface area contributed by atoms with Gasteiger partial charge >= 0.3 is 5.97 Å². The maximum absolute atomic E-state index is 12.1. The molecule has 1 aliphatic rings. The Labute approximate surface area is 160 Å². The molecule has 1 aliphatic heterocycles. The number of quaternary nitrogens is 1. The van der Waals surface area contributed by atoms with Gasteiger partial charge < -0.3 is 47.8 Å². The van der Waals surface area contributed by atoms with Crippen LogP contribution < -0.4 is 28.7 Å². The molecule has 0 amide bonds. The summed E-state index contributed by atoms with van der Waals surface area (Å²) in [7, 11) is 2.13. The number of rotatable bonds is 7. The molecular weight excluding hydrogens is 425 g/mol. The number of esters is 1. The Morgan fingerprint density at radius 3 is 2.62 bits per heavy atom. The molecule has 1 heterocycles. The maximum Gasteiger partial charge on any atom is 0.342 e. The molecule has 136 valence electrons. The molecule has 0 unspecified atom stereocenters. The number of likely N-dealkylation sites (N-methyl/N-ethyl adjacent to an activating group) is 1. The van der Waals surface area contributed by atoms with Crippen LogP contribution in [0.4, 0.5) is 0 Å². The molecule has 1 aromatic rings. The van der Waals surface area contributed by atoms with Crippen LogP contribution >= 0.6 is 0 Å². The van der Waals surface area contributed by atoms with Crippen LogP contribution in [0, 0.1) is 0 Å². The summed E-state index contributed by atoms with van der Waals surface area (Å²) in [4.78, 5) is 12.1. The van der Waals surface area contributed by atoms with E-state index in [1.165, 1.54) is 12.1 Å². The first-order chi connectivity index (χ1) is 11.0. The standard InChI is InChI=1S/C17H25NO5.HI/c1-3-9-22-14-4-5-15(16(19)13-14)17(20)23-12-8-18(2)6-10-21-11-7-18;/h4-5,13H,3,6-12H2,1-2H3;1H. The summed E-state index contributed by atoms with van der Waals surface area (Å²) >= 11 is 0. The largest absolute Gasteiger partial charge is 1.00 e. The number of phenolic OH excluding ortho intramolecular Hbond substituents is 1. The first kappa shape index (κ1) is 21.0. The van der Waals surface area contributed by atoms with Crippen LogP contribution in [0.25, 0.3) is 0 Å². The minimum atomic E-state index is -0.510. The molecule has 0 bridgehead atoms. The Morgan fingerprint density at radius 1 is 1.29 bits per heavy atom. The topological polar surface area (TPSA) is 65.0 Å². The van der Waals surface area contributed by atoms with Crippen LogP contribution in [0.2, 0.25) is 0 Å². The van der Waals surface area contributed by atoms with E-state index in [0.717, 1.165) is 43.8 Å². The third kappa shape index (κ3) is 6.10. The molecule has 1 saturated heterocycles. The highest BCUT2D eigenvalue weighted by Crippen LogP contribution is 2.24. The van der Waals surface area contributed by atoms with Gasteiger partial charge in [-0.25, -0.2) is 4.79 Å². The fourth-order valence-electron chi connectivity index (χ4n) is 2.44. The molecule has 0 spiro atoms. The molecule has 2 rings (SSSR count). The number of hydrogen-bond donors (Lipinski definition) is 1. The highest BCUT2D eigenvalue weighted by Gasteiger charge is 2.25. The second kappa shape index (κ2) is 10.0. The second-order valence-electron chi connectivity index (χ2n) is 6.07. The van der Waals surface area contributed by atoms with Gasteiger partial charge in [-0.1, -0.05) is 6.92 Å². The lowest BCUT2D eigenvalue weighted by atomic mass is 10.2. The van der Waals surface area contributed by atoms with E-state index in [9.17, 15) is 9.90 Å². The van der Waals surface area contributed by atoms with Crippen molar-refractivity contribution in [3.05, 3.63) is 23.8 Å². The summed E-state index contributed by atoms with van der Waals surface area (Å²) in [5.74, 6) is -0.0768. The quantitative estimate of drug-likeness (QED) is 0.321. The zero-order valence-electron chi connectivity index (χ0n) is 14.3. The Hall–Kier alpha value is -1.06. The van der Waals surface area contributed by atoms with Crippen molar-refractivity contribution in [3.8, 4) is 11.5 Å². The van der Waals surface area contributed by atoms with Gasteiger partial charge in [0.2, 0.25) is 0 Å². The van der Waals surface area contributed by atoms with Gasteiger partial charge in [0.1, 0.15) is 43.3 Å². The van der Waals surface area contributed by atoms with Gasteiger partial charge in [-0.3, -0.25) is 0 Å². The molecule has 0 aromatic heterocycles. The molecule has 6 nitrogen and oxygen atoms in total. The fraction of sp³-hybridized carbons (Fsp3) is 0.588. The summed E-state index contributed by atoms with van der Waals surface area (Å²) < 4.78 is 16.9. The van der Waals surface area contributed by atoms with Crippen LogP contribution in [0.15, 0.2) is 18.2 Å². The van der Waals surface area contributed by atoms with Gasteiger partial charge in [0.25, 0.3) is 0 Å². The monoisotopic (exact) mass is 451 g/mol. The highest BCUT2D eigenvalue weighted by atomic mass is 127. The van der Waals surface area contributed by atoms with Gasteiger partial charge in [-0.05, 0) is 18.6 Å². The minimum absolute atomic E-state index is 0. The number of hydrogen-bond acceptors (Lipinski definition) is 5. The summed E-state index contributed by atoms with van der Waals surface area (Å²) in [5, 5.41) is 9.96. The predicted molar refractivity (Wildman–Crippen MR) is 85.8 cm³/mol. The van der Waals surface area contributed by atoms with Crippen LogP contribution in [-0.2, 0) is 9.47 Å². The smallest absolute Gasteiger partial charge is 0.342 e. The maximum atomic E-state index is 12.1. The fourth-order valence-corrected chi connectivity index (χ4v) is 2.44. The number of ether oxygens (including phenoxy) is 3. The summed E-state index contributed by atoms with van der Waals surface area (Å²) in [6.07, 6.45) is 0.882. The lowest BCUT2D eigenvalue weighted by Gasteiger charge is -2.37. The Bertz CT molecular complexity index is 532. The summed E-state index contributed by atoms with van der Waals surface area (Å²) in [5.41, 5.74) is 0.165. The molecule has 1 fully saturated rings. The molecule has 0 atom stereocenters. The van der Waals surface area contributed by atoms with Crippen molar-refractivity contribution in [2.24, 2.45) is 0 Å². The number of morpholine rings is 1. The van der Waals surface area contributed by atoms with Crippen LogP contribution in [-0.4, -0.2) is 68.7 Å². The molecular formula is C17H26INO5. The van der Waals surface area contributed by atoms with Gasteiger partial charge in [0, 0.05) is 6.07 Å². The molecule has 7 heteroatoms. The Balaban J connectivity index is 0.00000288. The number of nitrogens with zero attached hydrogens (tertiary/aromatic N) is 1. The van der Waals surface area contributed by atoms with Gasteiger partial charge in [-0.2, -0.15) is 0 Å². The SMILES string of the molecule is CCCOc1ccc(C(=O)OCC[N+]2(C)CCOCC2)c(O)c1.[I-]. The van der Waals surface area contributed by atoms with E-state index in [2.05, 4.69) is 7.05 Å². The van der Waals surface area contributed by atoms with Gasteiger partial charge in [0.05, 0.1) is 26.9 Å².